The third-order valence-electron chi connectivity index (χ3n) is 4.06. The Kier molecular flexibility index (Phi) is 5.09. The first-order valence-electron chi connectivity index (χ1n) is 7.98. The summed E-state index contributed by atoms with van der Waals surface area (Å²) in [6, 6.07) is 7.34. The van der Waals surface area contributed by atoms with Crippen molar-refractivity contribution in [3.05, 3.63) is 29.3 Å². The summed E-state index contributed by atoms with van der Waals surface area (Å²) in [5, 5.41) is 3.47. The Balaban J connectivity index is 1.77. The smallest absolute Gasteiger partial charge is 0.123 e. The quantitative estimate of drug-likeness (QED) is 0.757. The van der Waals surface area contributed by atoms with Crippen LogP contribution in [0.25, 0.3) is 0 Å². The van der Waals surface area contributed by atoms with Crippen molar-refractivity contribution in [3.8, 4) is 5.75 Å². The van der Waals surface area contributed by atoms with Crippen LogP contribution in [0.3, 0.4) is 0 Å². The Hall–Kier alpha value is -1.02. The van der Waals surface area contributed by atoms with E-state index in [2.05, 4.69) is 51.2 Å². The Labute approximate surface area is 123 Å². The number of fused-ring (bicyclic) bond motifs is 1. The van der Waals surface area contributed by atoms with Crippen molar-refractivity contribution in [2.45, 2.75) is 64.8 Å². The lowest BCUT2D eigenvalue weighted by Gasteiger charge is -2.15. The van der Waals surface area contributed by atoms with Crippen LogP contribution in [0.4, 0.5) is 0 Å². The molecule has 2 nitrogen and oxygen atoms in total. The lowest BCUT2D eigenvalue weighted by molar-refractivity contribution is 0.291. The minimum atomic E-state index is 0.173. The lowest BCUT2D eigenvalue weighted by Crippen LogP contribution is -2.23. The van der Waals surface area contributed by atoms with Crippen molar-refractivity contribution in [1.29, 1.82) is 0 Å². The number of hydrogen-bond acceptors (Lipinski definition) is 2. The van der Waals surface area contributed by atoms with Gasteiger partial charge in [-0.15, -0.1) is 0 Å². The van der Waals surface area contributed by atoms with Crippen LogP contribution < -0.4 is 10.1 Å². The van der Waals surface area contributed by atoms with E-state index in [1.807, 2.05) is 0 Å². The van der Waals surface area contributed by atoms with E-state index in [0.717, 1.165) is 18.9 Å². The number of ether oxygens (including phenoxy) is 1. The van der Waals surface area contributed by atoms with Crippen molar-refractivity contribution in [1.82, 2.24) is 5.32 Å². The Morgan fingerprint density at radius 3 is 2.75 bits per heavy atom. The molecule has 0 bridgehead atoms. The van der Waals surface area contributed by atoms with E-state index in [-0.39, 0.29) is 5.41 Å². The summed E-state index contributed by atoms with van der Waals surface area (Å²) in [5.41, 5.74) is 3.02. The molecule has 0 fully saturated rings. The Morgan fingerprint density at radius 2 is 2.00 bits per heavy atom. The minimum Gasteiger partial charge on any atom is -0.492 e. The van der Waals surface area contributed by atoms with E-state index < -0.39 is 0 Å². The fourth-order valence-electron chi connectivity index (χ4n) is 2.74. The first kappa shape index (κ1) is 15.4. The van der Waals surface area contributed by atoms with Crippen molar-refractivity contribution >= 4 is 0 Å². The van der Waals surface area contributed by atoms with Gasteiger partial charge in [0.15, 0.2) is 0 Å². The molecular weight excluding hydrogens is 246 g/mol. The van der Waals surface area contributed by atoms with Crippen molar-refractivity contribution in [3.63, 3.8) is 0 Å². The van der Waals surface area contributed by atoms with E-state index >= 15 is 0 Å². The number of benzene rings is 1. The van der Waals surface area contributed by atoms with Crippen LogP contribution in [0.2, 0.25) is 0 Å². The number of rotatable bonds is 7. The lowest BCUT2D eigenvalue weighted by atomic mass is 9.86. The first-order valence-corrected chi connectivity index (χ1v) is 7.98. The van der Waals surface area contributed by atoms with E-state index in [0.29, 0.717) is 6.04 Å². The molecule has 0 saturated carbocycles. The van der Waals surface area contributed by atoms with Gasteiger partial charge >= 0.3 is 0 Å². The molecule has 1 heterocycles. The number of unbranched alkanes of at least 4 members (excludes halogenated alkanes) is 2. The van der Waals surface area contributed by atoms with E-state index in [9.17, 15) is 0 Å². The van der Waals surface area contributed by atoms with Crippen molar-refractivity contribution < 1.29 is 4.74 Å². The zero-order valence-electron chi connectivity index (χ0n) is 13.5. The summed E-state index contributed by atoms with van der Waals surface area (Å²) in [4.78, 5) is 0. The Bertz CT molecular complexity index is 437. The summed E-state index contributed by atoms with van der Waals surface area (Å²) in [7, 11) is 0. The average molecular weight is 275 g/mol. The zero-order chi connectivity index (χ0) is 14.6. The van der Waals surface area contributed by atoms with Gasteiger partial charge < -0.3 is 10.1 Å². The van der Waals surface area contributed by atoms with Crippen molar-refractivity contribution in [2.24, 2.45) is 0 Å². The molecule has 1 aliphatic rings. The molecule has 0 atom stereocenters. The van der Waals surface area contributed by atoms with Crippen LogP contribution in [0.15, 0.2) is 18.2 Å². The van der Waals surface area contributed by atoms with Crippen LogP contribution in [-0.2, 0) is 11.8 Å². The highest BCUT2D eigenvalue weighted by Crippen LogP contribution is 2.38. The molecule has 0 spiro atoms. The standard InChI is InChI=1S/C18H29NO/c1-14(2)19-11-7-5-6-8-15-9-10-17-16(12-15)18(3,4)13-20-17/h9-10,12,14,19H,5-8,11,13H2,1-4H3. The molecular formula is C18H29NO. The Morgan fingerprint density at radius 1 is 1.20 bits per heavy atom. The summed E-state index contributed by atoms with van der Waals surface area (Å²) in [5.74, 6) is 1.08. The van der Waals surface area contributed by atoms with Gasteiger partial charge in [-0.25, -0.2) is 0 Å². The topological polar surface area (TPSA) is 21.3 Å². The maximum absolute atomic E-state index is 5.74. The molecule has 2 heteroatoms. The predicted molar refractivity (Wildman–Crippen MR) is 85.7 cm³/mol. The van der Waals surface area contributed by atoms with Gasteiger partial charge in [0.2, 0.25) is 0 Å². The van der Waals surface area contributed by atoms with E-state index in [1.54, 1.807) is 0 Å². The van der Waals surface area contributed by atoms with Gasteiger partial charge in [-0.2, -0.15) is 0 Å². The molecule has 0 unspecified atom stereocenters. The maximum atomic E-state index is 5.74. The molecule has 0 aliphatic carbocycles. The van der Waals surface area contributed by atoms with Gasteiger partial charge in [0.25, 0.3) is 0 Å². The monoisotopic (exact) mass is 275 g/mol. The molecule has 1 aliphatic heterocycles. The molecule has 0 aromatic heterocycles. The fourth-order valence-corrected chi connectivity index (χ4v) is 2.74. The number of hydrogen-bond donors (Lipinski definition) is 1. The second-order valence-corrected chi connectivity index (χ2v) is 6.92. The molecule has 0 saturated heterocycles. The maximum Gasteiger partial charge on any atom is 0.123 e. The highest BCUT2D eigenvalue weighted by molar-refractivity contribution is 5.45. The van der Waals surface area contributed by atoms with Crippen LogP contribution in [0.1, 0.15) is 58.1 Å². The third kappa shape index (κ3) is 3.99. The normalized spacial score (nSPS) is 16.2. The molecule has 2 rings (SSSR count). The summed E-state index contributed by atoms with van der Waals surface area (Å²) >= 11 is 0. The summed E-state index contributed by atoms with van der Waals surface area (Å²) in [6.45, 7) is 10.9. The van der Waals surface area contributed by atoms with E-state index in [1.165, 1.54) is 36.8 Å². The second-order valence-electron chi connectivity index (χ2n) is 6.92. The van der Waals surface area contributed by atoms with Crippen molar-refractivity contribution in [2.75, 3.05) is 13.2 Å². The molecule has 1 aromatic carbocycles. The SMILES string of the molecule is CC(C)NCCCCCc1ccc2c(c1)C(C)(C)CO2. The number of nitrogens with one attached hydrogen (secondary N) is 1. The fraction of sp³-hybridized carbons (Fsp3) is 0.667. The average Bonchev–Trinajstić information content (AvgIpc) is 2.69. The van der Waals surface area contributed by atoms with Crippen LogP contribution >= 0.6 is 0 Å². The summed E-state index contributed by atoms with van der Waals surface area (Å²) in [6.07, 6.45) is 5.04. The van der Waals surface area contributed by atoms with Gasteiger partial charge in [-0.3, -0.25) is 0 Å². The summed E-state index contributed by atoms with van der Waals surface area (Å²) < 4.78 is 5.74. The van der Waals surface area contributed by atoms with Gasteiger partial charge in [-0.1, -0.05) is 46.2 Å². The van der Waals surface area contributed by atoms with Gasteiger partial charge in [0, 0.05) is 17.0 Å². The zero-order valence-corrected chi connectivity index (χ0v) is 13.5. The highest BCUT2D eigenvalue weighted by atomic mass is 16.5. The molecule has 0 amide bonds. The predicted octanol–water partition coefficient (Wildman–Crippen LogP) is 4.07. The second kappa shape index (κ2) is 6.62. The van der Waals surface area contributed by atoms with Gasteiger partial charge in [-0.05, 0) is 37.4 Å². The molecule has 1 aromatic rings. The molecule has 1 N–H and O–H groups in total. The van der Waals surface area contributed by atoms with Gasteiger partial charge in [0.1, 0.15) is 5.75 Å². The van der Waals surface area contributed by atoms with E-state index in [4.69, 9.17) is 4.74 Å². The minimum absolute atomic E-state index is 0.173. The van der Waals surface area contributed by atoms with Crippen LogP contribution in [0.5, 0.6) is 5.75 Å². The van der Waals surface area contributed by atoms with Crippen LogP contribution in [0, 0.1) is 0 Å². The molecule has 0 radical (unpaired) electrons. The third-order valence-corrected chi connectivity index (χ3v) is 4.06. The first-order chi connectivity index (χ1) is 9.49. The molecule has 112 valence electrons. The van der Waals surface area contributed by atoms with Crippen LogP contribution in [-0.4, -0.2) is 19.2 Å². The largest absolute Gasteiger partial charge is 0.492 e. The molecule has 20 heavy (non-hydrogen) atoms. The highest BCUT2D eigenvalue weighted by Gasteiger charge is 2.31. The number of aryl methyl sites for hydroxylation is 1. The van der Waals surface area contributed by atoms with Gasteiger partial charge in [0.05, 0.1) is 6.61 Å².